The molecule has 1 aromatic heterocycles. The van der Waals surface area contributed by atoms with Crippen LogP contribution in [0.25, 0.3) is 0 Å². The third-order valence-electron chi connectivity index (χ3n) is 4.33. The average Bonchev–Trinajstić information content (AvgIpc) is 3.21. The summed E-state index contributed by atoms with van der Waals surface area (Å²) < 4.78 is 18.1. The largest absolute Gasteiger partial charge is 0.497 e. The molecule has 30 heavy (non-hydrogen) atoms. The van der Waals surface area contributed by atoms with Gasteiger partial charge >= 0.3 is 5.97 Å². The average molecular weight is 429 g/mol. The molecule has 0 radical (unpaired) electrons. The molecular formula is C21H20FN3O4S. The molecule has 3 N–H and O–H groups in total. The highest BCUT2D eigenvalue weighted by molar-refractivity contribution is 7.14. The van der Waals surface area contributed by atoms with E-state index in [0.29, 0.717) is 10.7 Å². The zero-order chi connectivity index (χ0) is 21.5. The third-order valence-corrected chi connectivity index (χ3v) is 5.09. The number of aliphatic carboxylic acids is 1. The van der Waals surface area contributed by atoms with Crippen molar-refractivity contribution in [3.05, 3.63) is 71.0 Å². The molecule has 0 aliphatic heterocycles. The van der Waals surface area contributed by atoms with Gasteiger partial charge in [-0.3, -0.25) is 9.59 Å². The maximum absolute atomic E-state index is 13.0. The molecule has 0 spiro atoms. The highest BCUT2D eigenvalue weighted by Gasteiger charge is 2.20. The number of benzene rings is 2. The number of carboxylic acid groups (broad SMARTS) is 1. The molecule has 1 amide bonds. The summed E-state index contributed by atoms with van der Waals surface area (Å²) in [6.07, 6.45) is 0.178. The summed E-state index contributed by atoms with van der Waals surface area (Å²) >= 11 is 1.26. The molecule has 0 aliphatic carbocycles. The molecule has 2 aromatic carbocycles. The van der Waals surface area contributed by atoms with E-state index in [4.69, 9.17) is 4.74 Å². The Labute approximate surface area is 176 Å². The Hall–Kier alpha value is -3.46. The summed E-state index contributed by atoms with van der Waals surface area (Å²) in [7, 11) is 1.59. The molecule has 156 valence electrons. The molecule has 7 nitrogen and oxygen atoms in total. The van der Waals surface area contributed by atoms with Crippen LogP contribution in [0.15, 0.2) is 53.9 Å². The van der Waals surface area contributed by atoms with Gasteiger partial charge in [-0.15, -0.1) is 11.3 Å². The number of carboxylic acids is 1. The van der Waals surface area contributed by atoms with Crippen LogP contribution in [-0.4, -0.2) is 35.6 Å². The number of thiazole rings is 1. The standard InChI is InChI=1S/C21H20FN3O4S/c1-29-17-8-6-16(7-9-17)24-21-25-18(12-30-21)19(26)23-11-14(20(27)28)10-13-2-4-15(22)5-3-13/h2-9,12,14H,10-11H2,1H3,(H,23,26)(H,24,25)(H,27,28). The first-order valence-corrected chi connectivity index (χ1v) is 9.94. The first-order chi connectivity index (χ1) is 14.4. The maximum atomic E-state index is 13.0. The van der Waals surface area contributed by atoms with Crippen LogP contribution >= 0.6 is 11.3 Å². The van der Waals surface area contributed by atoms with Gasteiger partial charge in [0, 0.05) is 17.6 Å². The highest BCUT2D eigenvalue weighted by Crippen LogP contribution is 2.23. The molecule has 0 aliphatic rings. The molecule has 0 bridgehead atoms. The number of nitrogens with one attached hydrogen (secondary N) is 2. The Bertz CT molecular complexity index is 1010. The minimum absolute atomic E-state index is 0.0652. The van der Waals surface area contributed by atoms with Crippen molar-refractivity contribution in [3.8, 4) is 5.75 Å². The van der Waals surface area contributed by atoms with Gasteiger partial charge in [0.1, 0.15) is 17.3 Å². The quantitative estimate of drug-likeness (QED) is 0.480. The van der Waals surface area contributed by atoms with E-state index in [0.717, 1.165) is 11.4 Å². The van der Waals surface area contributed by atoms with Gasteiger partial charge in [-0.1, -0.05) is 12.1 Å². The number of halogens is 1. The van der Waals surface area contributed by atoms with Crippen molar-refractivity contribution in [2.75, 3.05) is 19.0 Å². The van der Waals surface area contributed by atoms with Gasteiger partial charge in [0.15, 0.2) is 5.13 Å². The van der Waals surface area contributed by atoms with E-state index >= 15 is 0 Å². The lowest BCUT2D eigenvalue weighted by Gasteiger charge is -2.13. The molecule has 1 atom stereocenters. The molecule has 3 rings (SSSR count). The zero-order valence-corrected chi connectivity index (χ0v) is 16.9. The Morgan fingerprint density at radius 3 is 2.50 bits per heavy atom. The van der Waals surface area contributed by atoms with Gasteiger partial charge < -0.3 is 20.5 Å². The number of hydrogen-bond acceptors (Lipinski definition) is 6. The van der Waals surface area contributed by atoms with Crippen LogP contribution in [0.1, 0.15) is 16.1 Å². The molecule has 3 aromatic rings. The van der Waals surface area contributed by atoms with Crippen LogP contribution < -0.4 is 15.4 Å². The lowest BCUT2D eigenvalue weighted by atomic mass is 9.99. The Kier molecular flexibility index (Phi) is 6.97. The number of amides is 1. The van der Waals surface area contributed by atoms with E-state index in [1.807, 2.05) is 12.1 Å². The SMILES string of the molecule is COc1ccc(Nc2nc(C(=O)NCC(Cc3ccc(F)cc3)C(=O)O)cs2)cc1. The Morgan fingerprint density at radius 2 is 1.87 bits per heavy atom. The summed E-state index contributed by atoms with van der Waals surface area (Å²) in [6, 6.07) is 12.9. The van der Waals surface area contributed by atoms with Crippen LogP contribution in [0.3, 0.4) is 0 Å². The third kappa shape index (κ3) is 5.77. The molecule has 0 fully saturated rings. The van der Waals surface area contributed by atoms with Crippen molar-refractivity contribution in [3.63, 3.8) is 0 Å². The summed E-state index contributed by atoms with van der Waals surface area (Å²) in [5.41, 5.74) is 1.67. The van der Waals surface area contributed by atoms with Crippen LogP contribution in [0, 0.1) is 11.7 Å². The predicted molar refractivity (Wildman–Crippen MR) is 112 cm³/mol. The second kappa shape index (κ2) is 9.84. The number of aromatic nitrogens is 1. The van der Waals surface area contributed by atoms with E-state index in [2.05, 4.69) is 15.6 Å². The highest BCUT2D eigenvalue weighted by atomic mass is 32.1. The van der Waals surface area contributed by atoms with Crippen molar-refractivity contribution in [2.24, 2.45) is 5.92 Å². The van der Waals surface area contributed by atoms with Gasteiger partial charge in [0.05, 0.1) is 13.0 Å². The van der Waals surface area contributed by atoms with Crippen LogP contribution in [0.2, 0.25) is 0 Å². The van der Waals surface area contributed by atoms with Crippen molar-refractivity contribution in [1.29, 1.82) is 0 Å². The maximum Gasteiger partial charge on any atom is 0.308 e. The number of rotatable bonds is 9. The predicted octanol–water partition coefficient (Wildman–Crippen LogP) is 3.71. The van der Waals surface area contributed by atoms with E-state index in [1.54, 1.807) is 24.6 Å². The van der Waals surface area contributed by atoms with Gasteiger partial charge in [-0.25, -0.2) is 9.37 Å². The number of nitrogens with zero attached hydrogens (tertiary/aromatic N) is 1. The fraction of sp³-hybridized carbons (Fsp3) is 0.190. The van der Waals surface area contributed by atoms with Crippen molar-refractivity contribution in [1.82, 2.24) is 10.3 Å². The van der Waals surface area contributed by atoms with Crippen LogP contribution in [0.5, 0.6) is 5.75 Å². The van der Waals surface area contributed by atoms with Gasteiger partial charge in [0.2, 0.25) is 0 Å². The zero-order valence-electron chi connectivity index (χ0n) is 16.1. The van der Waals surface area contributed by atoms with Crippen LogP contribution in [0.4, 0.5) is 15.2 Å². The second-order valence-corrected chi connectivity index (χ2v) is 7.33. The normalized spacial score (nSPS) is 11.5. The van der Waals surface area contributed by atoms with Crippen LogP contribution in [-0.2, 0) is 11.2 Å². The number of anilines is 2. The fourth-order valence-corrected chi connectivity index (χ4v) is 3.40. The van der Waals surface area contributed by atoms with Gasteiger partial charge in [0.25, 0.3) is 5.91 Å². The van der Waals surface area contributed by atoms with E-state index in [1.165, 1.54) is 35.6 Å². The molecule has 0 saturated heterocycles. The first-order valence-electron chi connectivity index (χ1n) is 9.06. The number of carbonyl (C=O) groups is 2. The van der Waals surface area contributed by atoms with Crippen molar-refractivity contribution < 1.29 is 23.8 Å². The lowest BCUT2D eigenvalue weighted by molar-refractivity contribution is -0.141. The lowest BCUT2D eigenvalue weighted by Crippen LogP contribution is -2.34. The summed E-state index contributed by atoms with van der Waals surface area (Å²) in [5, 5.41) is 17.3. The Balaban J connectivity index is 1.56. The minimum atomic E-state index is -1.04. The molecule has 1 heterocycles. The number of carbonyl (C=O) groups excluding carboxylic acids is 1. The topological polar surface area (TPSA) is 101 Å². The number of ether oxygens (including phenoxy) is 1. The molecule has 9 heteroatoms. The smallest absolute Gasteiger partial charge is 0.308 e. The van der Waals surface area contributed by atoms with E-state index in [-0.39, 0.29) is 24.5 Å². The van der Waals surface area contributed by atoms with E-state index in [9.17, 15) is 19.1 Å². The molecule has 0 saturated carbocycles. The van der Waals surface area contributed by atoms with E-state index < -0.39 is 17.8 Å². The summed E-state index contributed by atoms with van der Waals surface area (Å²) in [4.78, 5) is 28.1. The van der Waals surface area contributed by atoms with Crippen molar-refractivity contribution in [2.45, 2.75) is 6.42 Å². The number of hydrogen-bond donors (Lipinski definition) is 3. The van der Waals surface area contributed by atoms with Gasteiger partial charge in [-0.2, -0.15) is 0 Å². The molecular weight excluding hydrogens is 409 g/mol. The van der Waals surface area contributed by atoms with Gasteiger partial charge in [-0.05, 0) is 48.4 Å². The fourth-order valence-electron chi connectivity index (χ4n) is 2.69. The number of methoxy groups -OCH3 is 1. The monoisotopic (exact) mass is 429 g/mol. The first kappa shape index (κ1) is 21.3. The minimum Gasteiger partial charge on any atom is -0.497 e. The van der Waals surface area contributed by atoms with Crippen molar-refractivity contribution >= 4 is 34.0 Å². The summed E-state index contributed by atoms with van der Waals surface area (Å²) in [6.45, 7) is -0.0652. The molecule has 1 unspecified atom stereocenters. The second-order valence-electron chi connectivity index (χ2n) is 6.47. The Morgan fingerprint density at radius 1 is 1.17 bits per heavy atom. The summed E-state index contributed by atoms with van der Waals surface area (Å²) in [5.74, 6) is -2.00.